The van der Waals surface area contributed by atoms with E-state index in [0.717, 1.165) is 12.8 Å². The van der Waals surface area contributed by atoms with Crippen molar-refractivity contribution >= 4 is 47.1 Å². The van der Waals surface area contributed by atoms with E-state index >= 15 is 0 Å². The number of benzene rings is 3. The van der Waals surface area contributed by atoms with Crippen LogP contribution in [0.1, 0.15) is 158 Å². The van der Waals surface area contributed by atoms with Crippen LogP contribution < -0.4 is 3.27 Å². The molecule has 4 heteroatoms. The Morgan fingerprint density at radius 2 is 0.978 bits per heavy atom. The zero-order valence-electron chi connectivity index (χ0n) is 29.8. The molecule has 0 radical (unpaired) electrons. The Labute approximate surface area is 290 Å². The summed E-state index contributed by atoms with van der Waals surface area (Å²) in [7, 11) is 0. The normalized spacial score (nSPS) is 17.7. The second-order valence-corrected chi connectivity index (χ2v) is 41.7. The predicted octanol–water partition coefficient (Wildman–Crippen LogP) is 12.0. The van der Waals surface area contributed by atoms with Gasteiger partial charge in [-0.2, -0.15) is 0 Å². The van der Waals surface area contributed by atoms with Gasteiger partial charge in [0.05, 0.1) is 0 Å². The van der Waals surface area contributed by atoms with Gasteiger partial charge in [-0.05, 0) is 0 Å². The van der Waals surface area contributed by atoms with Gasteiger partial charge in [0, 0.05) is 0 Å². The fraction of sp³-hybridized carbons (Fsp3) is 0.463. The largest absolute Gasteiger partial charge is 0.147 e. The maximum Gasteiger partial charge on any atom is -0.147 e. The standard InChI is InChI=1S/2C17H23.C6H5.CH3.2ClH.H2Si.Zr/c2*1-6-13-7-15-9-14(11(2)3)10-16(12(4)5)17(15)8-13;1-2-4-6-5-3-1;;;;;/h2*7-12H,6H2,1-5H3;1-5H;1H3;2*1H;1H2;. The molecule has 0 fully saturated rings. The first-order chi connectivity index (χ1) is 20.2. The number of hydrogen-bond acceptors (Lipinski definition) is 0. The van der Waals surface area contributed by atoms with Crippen molar-refractivity contribution in [3.63, 3.8) is 0 Å². The maximum atomic E-state index is 2.86. The molecule has 0 bridgehead atoms. The molecule has 0 heterocycles. The molecule has 2 atom stereocenters. The van der Waals surface area contributed by atoms with E-state index in [2.05, 4.69) is 147 Å². The molecule has 2 unspecified atom stereocenters. The van der Waals surface area contributed by atoms with Gasteiger partial charge in [-0.3, -0.25) is 0 Å². The van der Waals surface area contributed by atoms with Gasteiger partial charge >= 0.3 is 268 Å². The summed E-state index contributed by atoms with van der Waals surface area (Å²) in [6.45, 7) is 26.4. The molecule has 0 aromatic heterocycles. The van der Waals surface area contributed by atoms with Gasteiger partial charge in [0.2, 0.25) is 0 Å². The summed E-state index contributed by atoms with van der Waals surface area (Å²) in [5, 5.41) is 0. The Hall–Kier alpha value is -1.18. The summed E-state index contributed by atoms with van der Waals surface area (Å²) < 4.78 is 5.51. The molecule has 0 spiro atoms. The van der Waals surface area contributed by atoms with Crippen molar-refractivity contribution in [3.8, 4) is 0 Å². The van der Waals surface area contributed by atoms with Crippen molar-refractivity contribution < 1.29 is 17.4 Å². The van der Waals surface area contributed by atoms with Crippen molar-refractivity contribution in [1.29, 1.82) is 0 Å². The minimum absolute atomic E-state index is 0. The van der Waals surface area contributed by atoms with E-state index in [0.29, 0.717) is 30.9 Å². The van der Waals surface area contributed by atoms with Crippen LogP contribution in [-0.4, -0.2) is 6.88 Å². The fourth-order valence-corrected chi connectivity index (χ4v) is 33.0. The second kappa shape index (κ2) is 14.1. The molecular weight excluding hydrogens is 683 g/mol. The van der Waals surface area contributed by atoms with Gasteiger partial charge in [-0.15, -0.1) is 24.8 Å². The fourth-order valence-electron chi connectivity index (χ4n) is 8.74. The van der Waals surface area contributed by atoms with E-state index in [-0.39, 0.29) is 24.8 Å². The molecule has 2 aliphatic rings. The topological polar surface area (TPSA) is 0 Å². The van der Waals surface area contributed by atoms with Crippen LogP contribution in [0.3, 0.4) is 0 Å². The first-order valence-corrected chi connectivity index (χ1v) is 29.6. The summed E-state index contributed by atoms with van der Waals surface area (Å²) in [5.41, 5.74) is 15.9. The smallest absolute Gasteiger partial charge is 0.147 e. The van der Waals surface area contributed by atoms with Crippen LogP contribution in [0.25, 0.3) is 12.2 Å². The van der Waals surface area contributed by atoms with Crippen LogP contribution in [0, 0.1) is 0 Å². The van der Waals surface area contributed by atoms with Crippen molar-refractivity contribution in [1.82, 2.24) is 0 Å². The summed E-state index contributed by atoms with van der Waals surface area (Å²) in [6, 6.07) is 22.3. The molecule has 0 aliphatic heterocycles. The SMILES string of the molecule is CCC1=Cc2c(C(C)C)cc(C(C)C)cc2[CH]1[Zr]([CH3])(=[SiH2])([c]1ccccc1)[CH]1C(CC)=Cc2c(C(C)C)cc(C(C)C)cc21.Cl.Cl. The van der Waals surface area contributed by atoms with Crippen molar-refractivity contribution in [2.45, 2.75) is 118 Å². The molecule has 5 rings (SSSR count). The van der Waals surface area contributed by atoms with Gasteiger partial charge in [0.25, 0.3) is 0 Å². The third kappa shape index (κ3) is 6.25. The number of allylic oxidation sites excluding steroid dienone is 2. The predicted molar refractivity (Wildman–Crippen MR) is 206 cm³/mol. The Balaban J connectivity index is 0.00000276. The van der Waals surface area contributed by atoms with Gasteiger partial charge in [0.15, 0.2) is 0 Å². The number of rotatable bonds is 9. The van der Waals surface area contributed by atoms with E-state index < -0.39 is 17.4 Å². The molecule has 0 nitrogen and oxygen atoms in total. The van der Waals surface area contributed by atoms with E-state index in [1.54, 1.807) is 47.8 Å². The quantitative estimate of drug-likeness (QED) is 0.192. The van der Waals surface area contributed by atoms with Crippen molar-refractivity contribution in [3.05, 3.63) is 110 Å². The zero-order valence-corrected chi connectivity index (χ0v) is 35.3. The summed E-state index contributed by atoms with van der Waals surface area (Å²) in [4.78, 5) is 0. The van der Waals surface area contributed by atoms with E-state index in [1.807, 2.05) is 0 Å². The molecule has 45 heavy (non-hydrogen) atoms. The van der Waals surface area contributed by atoms with E-state index in [9.17, 15) is 0 Å². The summed E-state index contributed by atoms with van der Waals surface area (Å²) in [5.74, 6) is 2.05. The van der Waals surface area contributed by atoms with Crippen LogP contribution in [0.15, 0.2) is 65.7 Å². The number of hydrogen-bond donors (Lipinski definition) is 0. The molecule has 244 valence electrons. The van der Waals surface area contributed by atoms with Gasteiger partial charge in [0.1, 0.15) is 0 Å². The van der Waals surface area contributed by atoms with Gasteiger partial charge in [-0.25, -0.2) is 0 Å². The Morgan fingerprint density at radius 1 is 0.600 bits per heavy atom. The first kappa shape index (κ1) is 38.3. The molecule has 0 saturated carbocycles. The zero-order chi connectivity index (χ0) is 31.5. The average Bonchev–Trinajstić information content (AvgIpc) is 3.56. The molecule has 0 saturated heterocycles. The second-order valence-electron chi connectivity index (χ2n) is 15.4. The van der Waals surface area contributed by atoms with Crippen LogP contribution in [0.2, 0.25) is 4.63 Å². The number of halogens is 2. The molecule has 0 N–H and O–H groups in total. The Kier molecular flexibility index (Phi) is 12.0. The molecule has 3 aromatic rings. The van der Waals surface area contributed by atoms with Crippen LogP contribution in [0.5, 0.6) is 0 Å². The van der Waals surface area contributed by atoms with E-state index in [4.69, 9.17) is 0 Å². The first-order valence-electron chi connectivity index (χ1n) is 17.1. The van der Waals surface area contributed by atoms with Crippen LogP contribution in [0.4, 0.5) is 0 Å². The molecule has 2 aliphatic carbocycles. The van der Waals surface area contributed by atoms with Crippen LogP contribution in [-0.2, 0) is 17.4 Å². The summed E-state index contributed by atoms with van der Waals surface area (Å²) >= 11 is -4.12. The van der Waals surface area contributed by atoms with Crippen molar-refractivity contribution in [2.75, 3.05) is 0 Å². The van der Waals surface area contributed by atoms with Gasteiger partial charge in [-0.1, -0.05) is 0 Å². The Morgan fingerprint density at radius 3 is 1.29 bits per heavy atom. The molecule has 3 aromatic carbocycles. The summed E-state index contributed by atoms with van der Waals surface area (Å²) in [6.07, 6.45) is 7.54. The monoisotopic (exact) mass is 738 g/mol. The van der Waals surface area contributed by atoms with Crippen molar-refractivity contribution in [2.24, 2.45) is 0 Å². The molecular formula is C41H58Cl2SiZr. The average molecular weight is 741 g/mol. The minimum Gasteiger partial charge on any atom is -0.147 e. The Bertz CT molecular complexity index is 1580. The third-order valence-electron chi connectivity index (χ3n) is 11.2. The van der Waals surface area contributed by atoms with Crippen LogP contribution >= 0.6 is 24.8 Å². The number of fused-ring (bicyclic) bond motifs is 2. The maximum absolute atomic E-state index is 4.12. The minimum atomic E-state index is -4.12. The van der Waals surface area contributed by atoms with Gasteiger partial charge < -0.3 is 0 Å². The molecule has 0 amide bonds. The van der Waals surface area contributed by atoms with E-state index in [1.165, 1.54) is 11.1 Å². The third-order valence-corrected chi connectivity index (χ3v) is 34.5.